The van der Waals surface area contributed by atoms with Crippen molar-refractivity contribution in [2.75, 3.05) is 30.4 Å². The summed E-state index contributed by atoms with van der Waals surface area (Å²) in [5.74, 6) is 0.265. The summed E-state index contributed by atoms with van der Waals surface area (Å²) in [7, 11) is 0. The van der Waals surface area contributed by atoms with E-state index in [0.29, 0.717) is 36.9 Å². The molecule has 222 valence electrons. The van der Waals surface area contributed by atoms with Gasteiger partial charge in [-0.25, -0.2) is 4.79 Å². The summed E-state index contributed by atoms with van der Waals surface area (Å²) < 4.78 is 16.6. The molecule has 11 nitrogen and oxygen atoms in total. The zero-order valence-corrected chi connectivity index (χ0v) is 24.7. The molecule has 1 heterocycles. The van der Waals surface area contributed by atoms with Crippen molar-refractivity contribution >= 4 is 40.6 Å². The van der Waals surface area contributed by atoms with Crippen LogP contribution in [0.25, 0.3) is 0 Å². The molecule has 2 aromatic carbocycles. The van der Waals surface area contributed by atoms with Gasteiger partial charge in [-0.15, -0.1) is 0 Å². The van der Waals surface area contributed by atoms with Crippen molar-refractivity contribution in [3.8, 4) is 11.5 Å². The monoisotopic (exact) mass is 586 g/mol. The Morgan fingerprint density at radius 3 is 2.49 bits per heavy atom. The van der Waals surface area contributed by atoms with Crippen LogP contribution in [-0.4, -0.2) is 60.3 Å². The molecule has 3 rings (SSSR count). The Labute approximate surface area is 244 Å². The van der Waals surface area contributed by atoms with Crippen molar-refractivity contribution in [2.24, 2.45) is 0 Å². The number of ether oxygens (including phenoxy) is 3. The first-order valence-corrected chi connectivity index (χ1v) is 14.5. The normalized spacial score (nSPS) is 13.2. The molecule has 2 aromatic rings. The van der Waals surface area contributed by atoms with Crippen molar-refractivity contribution in [3.63, 3.8) is 0 Å². The summed E-state index contributed by atoms with van der Waals surface area (Å²) in [5, 5.41) is 1.94. The average Bonchev–Trinajstić information content (AvgIpc) is 2.94. The fourth-order valence-corrected chi connectivity index (χ4v) is 4.35. The second-order valence-electron chi connectivity index (χ2n) is 10.3. The molecule has 1 atom stereocenters. The van der Waals surface area contributed by atoms with Gasteiger partial charge in [0, 0.05) is 6.42 Å². The Hall–Kier alpha value is -3.93. The third-order valence-electron chi connectivity index (χ3n) is 5.78. The van der Waals surface area contributed by atoms with Gasteiger partial charge in [-0.05, 0) is 57.0 Å². The summed E-state index contributed by atoms with van der Waals surface area (Å²) in [6.45, 7) is 8.58. The van der Waals surface area contributed by atoms with Crippen LogP contribution in [0.2, 0.25) is 0 Å². The van der Waals surface area contributed by atoms with E-state index in [-0.39, 0.29) is 18.1 Å². The molecule has 0 unspecified atom stereocenters. The van der Waals surface area contributed by atoms with Crippen molar-refractivity contribution in [1.29, 1.82) is 0 Å². The maximum Gasteiger partial charge on any atom is 0.408 e. The van der Waals surface area contributed by atoms with Gasteiger partial charge in [0.15, 0.2) is 0 Å². The molecule has 0 bridgehead atoms. The van der Waals surface area contributed by atoms with Crippen LogP contribution in [0.1, 0.15) is 46.1 Å². The smallest absolute Gasteiger partial charge is 0.408 e. The minimum absolute atomic E-state index is 0.137. The molecule has 1 aliphatic heterocycles. The number of amides is 4. The van der Waals surface area contributed by atoms with E-state index >= 15 is 0 Å². The predicted molar refractivity (Wildman–Crippen MR) is 157 cm³/mol. The molecule has 0 saturated heterocycles. The molecule has 12 heteroatoms. The summed E-state index contributed by atoms with van der Waals surface area (Å²) >= 11 is 0.719. The number of carbonyl (C=O) groups is 4. The Balaban J connectivity index is 1.55. The third kappa shape index (κ3) is 10.5. The van der Waals surface area contributed by atoms with Gasteiger partial charge < -0.3 is 24.4 Å². The highest BCUT2D eigenvalue weighted by Gasteiger charge is 2.26. The zero-order valence-electron chi connectivity index (χ0n) is 23.9. The number of benzene rings is 2. The zero-order chi connectivity index (χ0) is 29.8. The Bertz CT molecular complexity index is 1200. The van der Waals surface area contributed by atoms with Crippen LogP contribution in [0, 0.1) is 0 Å². The number of anilines is 1. The number of thioether (sulfide) groups is 1. The van der Waals surface area contributed by atoms with Gasteiger partial charge in [-0.1, -0.05) is 49.4 Å². The van der Waals surface area contributed by atoms with E-state index in [1.54, 1.807) is 56.0 Å². The molecule has 0 aliphatic carbocycles. The number of carbonyl (C=O) groups excluding carboxylic acids is 4. The summed E-state index contributed by atoms with van der Waals surface area (Å²) in [6.07, 6.45) is 1.34. The van der Waals surface area contributed by atoms with Crippen LogP contribution < -0.4 is 30.5 Å². The Morgan fingerprint density at radius 1 is 1.05 bits per heavy atom. The number of fused-ring (bicyclic) bond motifs is 1. The minimum atomic E-state index is -1.05. The van der Waals surface area contributed by atoms with E-state index < -0.39 is 28.9 Å². The van der Waals surface area contributed by atoms with E-state index in [1.165, 1.54) is 0 Å². The second-order valence-corrected chi connectivity index (χ2v) is 11.2. The molecule has 0 aromatic heterocycles. The lowest BCUT2D eigenvalue weighted by Gasteiger charge is -2.29. The standard InChI is InChI=1S/C29H38N4O7S/c1-5-6-16-38-21-13-11-20(12-14-21)18-22(30-27(36)40-29(2,3)4)26(35)31-32-28(37)41-19-25(34)33-15-17-39-24-10-8-7-9-23(24)33/h7-14,22H,5-6,15-19H2,1-4H3,(H,30,36)(H,31,35)(H,32,37)/t22-/m0/s1. The first-order chi connectivity index (χ1) is 19.6. The third-order valence-corrected chi connectivity index (χ3v) is 6.54. The molecular formula is C29H38N4O7S. The van der Waals surface area contributed by atoms with Crippen LogP contribution in [0.5, 0.6) is 11.5 Å². The van der Waals surface area contributed by atoms with E-state index in [2.05, 4.69) is 23.1 Å². The van der Waals surface area contributed by atoms with Gasteiger partial charge in [0.1, 0.15) is 29.7 Å². The highest BCUT2D eigenvalue weighted by molar-refractivity contribution is 8.14. The Kier molecular flexibility index (Phi) is 11.7. The highest BCUT2D eigenvalue weighted by Crippen LogP contribution is 2.31. The first-order valence-electron chi connectivity index (χ1n) is 13.5. The molecule has 0 fully saturated rings. The van der Waals surface area contributed by atoms with Gasteiger partial charge in [0.2, 0.25) is 5.91 Å². The summed E-state index contributed by atoms with van der Waals surface area (Å²) in [5.41, 5.74) is 5.29. The summed E-state index contributed by atoms with van der Waals surface area (Å²) in [6, 6.07) is 13.4. The fraction of sp³-hybridized carbons (Fsp3) is 0.448. The number of para-hydroxylation sites is 2. The number of nitrogens with zero attached hydrogens (tertiary/aromatic N) is 1. The van der Waals surface area contributed by atoms with Crippen molar-refractivity contribution in [3.05, 3.63) is 54.1 Å². The lowest BCUT2D eigenvalue weighted by molar-refractivity contribution is -0.123. The number of hydrazine groups is 1. The van der Waals surface area contributed by atoms with Gasteiger partial charge >= 0.3 is 6.09 Å². The number of hydrogen-bond acceptors (Lipinski definition) is 8. The van der Waals surface area contributed by atoms with Crippen molar-refractivity contribution in [1.82, 2.24) is 16.2 Å². The molecule has 41 heavy (non-hydrogen) atoms. The SMILES string of the molecule is CCCCOc1ccc(C[C@H](NC(=O)OC(C)(C)C)C(=O)NNC(=O)SCC(=O)N2CCOc3ccccc32)cc1. The summed E-state index contributed by atoms with van der Waals surface area (Å²) in [4.78, 5) is 52.2. The maximum absolute atomic E-state index is 13.0. The minimum Gasteiger partial charge on any atom is -0.494 e. The number of unbranched alkanes of at least 4 members (excludes halogenated alkanes) is 1. The predicted octanol–water partition coefficient (Wildman–Crippen LogP) is 4.20. The molecule has 0 radical (unpaired) electrons. The second kappa shape index (κ2) is 15.2. The van der Waals surface area contributed by atoms with Gasteiger partial charge in [-0.3, -0.25) is 25.2 Å². The highest BCUT2D eigenvalue weighted by atomic mass is 32.2. The first kappa shape index (κ1) is 31.6. The molecule has 0 saturated carbocycles. The average molecular weight is 587 g/mol. The van der Waals surface area contributed by atoms with Gasteiger partial charge in [0.25, 0.3) is 11.1 Å². The van der Waals surface area contributed by atoms with Crippen LogP contribution in [0.15, 0.2) is 48.5 Å². The number of rotatable bonds is 10. The van der Waals surface area contributed by atoms with Crippen LogP contribution in [-0.2, 0) is 20.7 Å². The molecule has 4 amide bonds. The van der Waals surface area contributed by atoms with E-state index in [1.807, 2.05) is 18.2 Å². The topological polar surface area (TPSA) is 135 Å². The van der Waals surface area contributed by atoms with Crippen LogP contribution in [0.4, 0.5) is 15.3 Å². The Morgan fingerprint density at radius 2 is 1.78 bits per heavy atom. The number of nitrogens with one attached hydrogen (secondary N) is 3. The van der Waals surface area contributed by atoms with Crippen LogP contribution in [0.3, 0.4) is 0 Å². The lowest BCUT2D eigenvalue weighted by Crippen LogP contribution is -2.53. The van der Waals surface area contributed by atoms with Gasteiger partial charge in [-0.2, -0.15) is 0 Å². The molecule has 1 aliphatic rings. The largest absolute Gasteiger partial charge is 0.494 e. The van der Waals surface area contributed by atoms with Crippen molar-refractivity contribution < 1.29 is 33.4 Å². The number of alkyl carbamates (subject to hydrolysis) is 1. The fourth-order valence-electron chi connectivity index (χ4n) is 3.82. The van der Waals surface area contributed by atoms with Gasteiger partial charge in [0.05, 0.1) is 24.6 Å². The lowest BCUT2D eigenvalue weighted by atomic mass is 10.1. The molecular weight excluding hydrogens is 548 g/mol. The van der Waals surface area contributed by atoms with Crippen LogP contribution >= 0.6 is 11.8 Å². The molecule has 3 N–H and O–H groups in total. The van der Waals surface area contributed by atoms with E-state index in [4.69, 9.17) is 14.2 Å². The van der Waals surface area contributed by atoms with E-state index in [0.717, 1.165) is 30.2 Å². The van der Waals surface area contributed by atoms with Crippen molar-refractivity contribution in [2.45, 2.75) is 58.6 Å². The molecule has 0 spiro atoms. The number of hydrogen-bond donors (Lipinski definition) is 3. The maximum atomic E-state index is 13.0. The quantitative estimate of drug-likeness (QED) is 0.279. The van der Waals surface area contributed by atoms with E-state index in [9.17, 15) is 19.2 Å².